The standard InChI is InChI=1S/C15H20N2O4/c1-15(2)12(20-14(19)10(16)8-13(17)18)7-9-5-3-4-6-11(9)21-15/h3-6,10,12H,7-8,16H2,1-2H3,(H2,17,18)/t10-,12?/m0/s1. The molecule has 114 valence electrons. The van der Waals surface area contributed by atoms with Crippen molar-refractivity contribution in [1.82, 2.24) is 0 Å². The minimum absolute atomic E-state index is 0.233. The molecule has 0 saturated carbocycles. The summed E-state index contributed by atoms with van der Waals surface area (Å²) in [6.07, 6.45) is -0.166. The number of hydrogen-bond acceptors (Lipinski definition) is 5. The average molecular weight is 292 g/mol. The third-order valence-corrected chi connectivity index (χ3v) is 3.51. The molecule has 1 amide bonds. The molecule has 6 heteroatoms. The number of ether oxygens (including phenoxy) is 2. The first-order valence-electron chi connectivity index (χ1n) is 6.81. The highest BCUT2D eigenvalue weighted by atomic mass is 16.6. The Kier molecular flexibility index (Phi) is 4.18. The summed E-state index contributed by atoms with van der Waals surface area (Å²) in [5.74, 6) is -0.491. The Morgan fingerprint density at radius 3 is 2.76 bits per heavy atom. The molecule has 1 unspecified atom stereocenters. The number of carbonyl (C=O) groups excluding carboxylic acids is 2. The molecule has 1 aromatic carbocycles. The summed E-state index contributed by atoms with van der Waals surface area (Å²) in [5, 5.41) is 0. The summed E-state index contributed by atoms with van der Waals surface area (Å²) in [6, 6.07) is 6.56. The van der Waals surface area contributed by atoms with Gasteiger partial charge in [-0.25, -0.2) is 0 Å². The number of primary amides is 1. The Balaban J connectivity index is 2.10. The summed E-state index contributed by atoms with van der Waals surface area (Å²) in [6.45, 7) is 3.70. The van der Waals surface area contributed by atoms with Crippen LogP contribution in [-0.2, 0) is 20.7 Å². The van der Waals surface area contributed by atoms with Crippen molar-refractivity contribution in [2.45, 2.75) is 44.4 Å². The molecule has 1 heterocycles. The van der Waals surface area contributed by atoms with Crippen LogP contribution < -0.4 is 16.2 Å². The maximum absolute atomic E-state index is 11.9. The van der Waals surface area contributed by atoms with Gasteiger partial charge in [0.15, 0.2) is 0 Å². The van der Waals surface area contributed by atoms with Gasteiger partial charge >= 0.3 is 5.97 Å². The highest BCUT2D eigenvalue weighted by molar-refractivity contribution is 5.84. The van der Waals surface area contributed by atoms with Crippen LogP contribution in [0.15, 0.2) is 24.3 Å². The fourth-order valence-corrected chi connectivity index (χ4v) is 2.28. The molecule has 0 saturated heterocycles. The van der Waals surface area contributed by atoms with Crippen molar-refractivity contribution in [3.05, 3.63) is 29.8 Å². The average Bonchev–Trinajstić information content (AvgIpc) is 2.38. The van der Waals surface area contributed by atoms with Crippen LogP contribution in [0.3, 0.4) is 0 Å². The number of benzene rings is 1. The Labute approximate surface area is 123 Å². The maximum atomic E-state index is 11.9. The fourth-order valence-electron chi connectivity index (χ4n) is 2.28. The molecule has 1 aliphatic rings. The number of esters is 1. The van der Waals surface area contributed by atoms with Crippen LogP contribution in [0.25, 0.3) is 0 Å². The zero-order chi connectivity index (χ0) is 15.6. The van der Waals surface area contributed by atoms with Gasteiger partial charge in [-0.15, -0.1) is 0 Å². The van der Waals surface area contributed by atoms with E-state index in [1.165, 1.54) is 0 Å². The summed E-state index contributed by atoms with van der Waals surface area (Å²) in [7, 11) is 0. The summed E-state index contributed by atoms with van der Waals surface area (Å²) < 4.78 is 11.3. The summed E-state index contributed by atoms with van der Waals surface area (Å²) in [5.41, 5.74) is 10.9. The first-order chi connectivity index (χ1) is 9.79. The zero-order valence-electron chi connectivity index (χ0n) is 12.2. The van der Waals surface area contributed by atoms with E-state index in [4.69, 9.17) is 20.9 Å². The molecule has 0 aliphatic carbocycles. The number of para-hydroxylation sites is 1. The smallest absolute Gasteiger partial charge is 0.323 e. The van der Waals surface area contributed by atoms with E-state index in [9.17, 15) is 9.59 Å². The van der Waals surface area contributed by atoms with Crippen molar-refractivity contribution in [2.24, 2.45) is 11.5 Å². The van der Waals surface area contributed by atoms with E-state index < -0.39 is 29.6 Å². The Morgan fingerprint density at radius 1 is 1.43 bits per heavy atom. The Morgan fingerprint density at radius 2 is 2.10 bits per heavy atom. The highest BCUT2D eigenvalue weighted by Gasteiger charge is 2.40. The van der Waals surface area contributed by atoms with Crippen molar-refractivity contribution >= 4 is 11.9 Å². The minimum atomic E-state index is -1.05. The SMILES string of the molecule is CC1(C)Oc2ccccc2CC1OC(=O)[C@@H](N)CC(N)=O. The second-order valence-electron chi connectivity index (χ2n) is 5.72. The van der Waals surface area contributed by atoms with Crippen molar-refractivity contribution in [3.63, 3.8) is 0 Å². The predicted molar refractivity (Wildman–Crippen MR) is 76.5 cm³/mol. The highest BCUT2D eigenvalue weighted by Crippen LogP contribution is 2.34. The van der Waals surface area contributed by atoms with Gasteiger partial charge < -0.3 is 20.9 Å². The third kappa shape index (κ3) is 3.52. The lowest BCUT2D eigenvalue weighted by molar-refractivity contribution is -0.163. The summed E-state index contributed by atoms with van der Waals surface area (Å²) in [4.78, 5) is 22.7. The molecule has 4 N–H and O–H groups in total. The predicted octanol–water partition coefficient (Wildman–Crippen LogP) is 0.515. The van der Waals surface area contributed by atoms with Gasteiger partial charge in [0.05, 0.1) is 6.42 Å². The van der Waals surface area contributed by atoms with Gasteiger partial charge in [-0.1, -0.05) is 18.2 Å². The molecule has 0 fully saturated rings. The second kappa shape index (κ2) is 5.73. The lowest BCUT2D eigenvalue weighted by Gasteiger charge is -2.39. The van der Waals surface area contributed by atoms with E-state index in [0.717, 1.165) is 11.3 Å². The largest absolute Gasteiger partial charge is 0.484 e. The molecule has 0 aromatic heterocycles. The van der Waals surface area contributed by atoms with Gasteiger partial charge in [-0.3, -0.25) is 9.59 Å². The summed E-state index contributed by atoms with van der Waals surface area (Å²) >= 11 is 0. The Bertz CT molecular complexity index is 556. The van der Waals surface area contributed by atoms with E-state index in [1.807, 2.05) is 38.1 Å². The zero-order valence-corrected chi connectivity index (χ0v) is 12.2. The lowest BCUT2D eigenvalue weighted by Crippen LogP contribution is -2.51. The van der Waals surface area contributed by atoms with Gasteiger partial charge in [0.2, 0.25) is 5.91 Å². The van der Waals surface area contributed by atoms with Crippen LogP contribution in [0.5, 0.6) is 5.75 Å². The number of amides is 1. The number of nitrogens with two attached hydrogens (primary N) is 2. The third-order valence-electron chi connectivity index (χ3n) is 3.51. The van der Waals surface area contributed by atoms with Crippen LogP contribution in [-0.4, -0.2) is 29.6 Å². The molecule has 21 heavy (non-hydrogen) atoms. The van der Waals surface area contributed by atoms with E-state index in [0.29, 0.717) is 6.42 Å². The van der Waals surface area contributed by atoms with Crippen LogP contribution >= 0.6 is 0 Å². The molecule has 2 atom stereocenters. The molecular formula is C15H20N2O4. The molecule has 2 rings (SSSR count). The molecule has 0 spiro atoms. The fraction of sp³-hybridized carbons (Fsp3) is 0.467. The quantitative estimate of drug-likeness (QED) is 0.787. The van der Waals surface area contributed by atoms with E-state index in [-0.39, 0.29) is 6.42 Å². The number of hydrogen-bond donors (Lipinski definition) is 2. The number of fused-ring (bicyclic) bond motifs is 1. The van der Waals surface area contributed by atoms with Gasteiger partial charge in [0.25, 0.3) is 0 Å². The molecule has 6 nitrogen and oxygen atoms in total. The first-order valence-corrected chi connectivity index (χ1v) is 6.81. The van der Waals surface area contributed by atoms with Crippen LogP contribution in [0.2, 0.25) is 0 Å². The van der Waals surface area contributed by atoms with Crippen molar-refractivity contribution < 1.29 is 19.1 Å². The number of rotatable bonds is 4. The normalized spacial score (nSPS) is 20.8. The number of carbonyl (C=O) groups is 2. The van der Waals surface area contributed by atoms with Crippen LogP contribution in [0.1, 0.15) is 25.8 Å². The van der Waals surface area contributed by atoms with E-state index in [2.05, 4.69) is 0 Å². The van der Waals surface area contributed by atoms with Gasteiger partial charge in [0, 0.05) is 6.42 Å². The molecule has 1 aromatic rings. The van der Waals surface area contributed by atoms with Crippen molar-refractivity contribution in [1.29, 1.82) is 0 Å². The topological polar surface area (TPSA) is 105 Å². The molecule has 0 bridgehead atoms. The molecule has 0 radical (unpaired) electrons. The van der Waals surface area contributed by atoms with Crippen LogP contribution in [0, 0.1) is 0 Å². The van der Waals surface area contributed by atoms with Gasteiger partial charge in [0.1, 0.15) is 23.5 Å². The monoisotopic (exact) mass is 292 g/mol. The van der Waals surface area contributed by atoms with Crippen molar-refractivity contribution in [3.8, 4) is 5.75 Å². The first kappa shape index (κ1) is 15.3. The van der Waals surface area contributed by atoms with Gasteiger partial charge in [-0.05, 0) is 25.5 Å². The van der Waals surface area contributed by atoms with E-state index in [1.54, 1.807) is 0 Å². The maximum Gasteiger partial charge on any atom is 0.323 e. The molecular weight excluding hydrogens is 272 g/mol. The van der Waals surface area contributed by atoms with E-state index >= 15 is 0 Å². The van der Waals surface area contributed by atoms with Crippen molar-refractivity contribution in [2.75, 3.05) is 0 Å². The van der Waals surface area contributed by atoms with Gasteiger partial charge in [-0.2, -0.15) is 0 Å². The second-order valence-corrected chi connectivity index (χ2v) is 5.72. The minimum Gasteiger partial charge on any atom is -0.484 e. The Hall–Kier alpha value is -2.08. The van der Waals surface area contributed by atoms with Crippen LogP contribution in [0.4, 0.5) is 0 Å². The lowest BCUT2D eigenvalue weighted by atomic mass is 9.91. The molecule has 1 aliphatic heterocycles.